The van der Waals surface area contributed by atoms with Gasteiger partial charge in [-0.2, -0.15) is 0 Å². The maximum absolute atomic E-state index is 12.3. The van der Waals surface area contributed by atoms with E-state index in [1.165, 1.54) is 6.42 Å². The summed E-state index contributed by atoms with van der Waals surface area (Å²) in [6.45, 7) is 4.13. The van der Waals surface area contributed by atoms with Gasteiger partial charge in [0.1, 0.15) is 0 Å². The molecule has 2 aromatic rings. The molecule has 1 N–H and O–H groups in total. The summed E-state index contributed by atoms with van der Waals surface area (Å²) in [6.07, 6.45) is 5.47. The first-order valence-electron chi connectivity index (χ1n) is 7.86. The first-order chi connectivity index (χ1) is 11.5. The SMILES string of the molecule is CC1CCCN(c2ncc(C(=O)Nc3cc(Cl)cc(Cl)c3)cn2)C1. The maximum atomic E-state index is 12.3. The van der Waals surface area contributed by atoms with Crippen molar-refractivity contribution in [3.63, 3.8) is 0 Å². The molecular weight excluding hydrogens is 347 g/mol. The van der Waals surface area contributed by atoms with Crippen LogP contribution >= 0.6 is 23.2 Å². The van der Waals surface area contributed by atoms with Crippen molar-refractivity contribution in [2.75, 3.05) is 23.3 Å². The Balaban J connectivity index is 1.69. The first-order valence-corrected chi connectivity index (χ1v) is 8.61. The topological polar surface area (TPSA) is 58.1 Å². The molecule has 0 spiro atoms. The summed E-state index contributed by atoms with van der Waals surface area (Å²) in [5.74, 6) is 1.01. The zero-order valence-corrected chi connectivity index (χ0v) is 14.8. The number of anilines is 2. The van der Waals surface area contributed by atoms with Gasteiger partial charge in [-0.1, -0.05) is 30.1 Å². The summed E-state index contributed by atoms with van der Waals surface area (Å²) in [7, 11) is 0. The maximum Gasteiger partial charge on any atom is 0.258 e. The van der Waals surface area contributed by atoms with Gasteiger partial charge in [-0.25, -0.2) is 9.97 Å². The van der Waals surface area contributed by atoms with Crippen molar-refractivity contribution < 1.29 is 4.79 Å². The molecule has 1 atom stereocenters. The minimum absolute atomic E-state index is 0.299. The van der Waals surface area contributed by atoms with Crippen LogP contribution in [-0.4, -0.2) is 29.0 Å². The molecule has 5 nitrogen and oxygen atoms in total. The Bertz CT molecular complexity index is 716. The Morgan fingerprint density at radius 1 is 1.21 bits per heavy atom. The molecule has 1 saturated heterocycles. The van der Waals surface area contributed by atoms with E-state index in [0.717, 1.165) is 19.5 Å². The predicted molar refractivity (Wildman–Crippen MR) is 97.1 cm³/mol. The van der Waals surface area contributed by atoms with Crippen LogP contribution in [0.25, 0.3) is 0 Å². The molecule has 0 radical (unpaired) electrons. The van der Waals surface area contributed by atoms with Crippen LogP contribution in [0.1, 0.15) is 30.1 Å². The van der Waals surface area contributed by atoms with Gasteiger partial charge in [0, 0.05) is 41.2 Å². The number of carbonyl (C=O) groups is 1. The van der Waals surface area contributed by atoms with E-state index in [4.69, 9.17) is 23.2 Å². The molecule has 7 heteroatoms. The summed E-state index contributed by atoms with van der Waals surface area (Å²) in [5.41, 5.74) is 0.923. The van der Waals surface area contributed by atoms with Gasteiger partial charge in [0.2, 0.25) is 5.95 Å². The molecule has 1 unspecified atom stereocenters. The molecule has 126 valence electrons. The van der Waals surface area contributed by atoms with E-state index in [0.29, 0.717) is 33.2 Å². The summed E-state index contributed by atoms with van der Waals surface area (Å²) < 4.78 is 0. The van der Waals surface area contributed by atoms with E-state index >= 15 is 0 Å². The highest BCUT2D eigenvalue weighted by molar-refractivity contribution is 6.35. The van der Waals surface area contributed by atoms with Crippen LogP contribution in [0.15, 0.2) is 30.6 Å². The Morgan fingerprint density at radius 2 is 1.88 bits per heavy atom. The molecule has 0 bridgehead atoms. The number of hydrogen-bond acceptors (Lipinski definition) is 4. The van der Waals surface area contributed by atoms with Crippen LogP contribution in [0.5, 0.6) is 0 Å². The molecule has 1 aliphatic heterocycles. The molecule has 1 aromatic carbocycles. The lowest BCUT2D eigenvalue weighted by atomic mass is 10.0. The molecule has 24 heavy (non-hydrogen) atoms. The number of benzene rings is 1. The molecule has 1 aromatic heterocycles. The lowest BCUT2D eigenvalue weighted by Gasteiger charge is -2.30. The third-order valence-corrected chi connectivity index (χ3v) is 4.40. The zero-order chi connectivity index (χ0) is 17.1. The Kier molecular flexibility index (Phi) is 5.21. The van der Waals surface area contributed by atoms with E-state index < -0.39 is 0 Å². The summed E-state index contributed by atoms with van der Waals surface area (Å²) in [4.78, 5) is 23.1. The van der Waals surface area contributed by atoms with Crippen LogP contribution in [0.2, 0.25) is 10.0 Å². The zero-order valence-electron chi connectivity index (χ0n) is 13.3. The summed E-state index contributed by atoms with van der Waals surface area (Å²) in [5, 5.41) is 3.67. The van der Waals surface area contributed by atoms with Crippen LogP contribution in [0.4, 0.5) is 11.6 Å². The third kappa shape index (κ3) is 4.16. The van der Waals surface area contributed by atoms with Crippen LogP contribution in [0.3, 0.4) is 0 Å². The summed E-state index contributed by atoms with van der Waals surface area (Å²) >= 11 is 11.9. The molecule has 1 amide bonds. The highest BCUT2D eigenvalue weighted by atomic mass is 35.5. The van der Waals surface area contributed by atoms with Crippen molar-refractivity contribution in [1.29, 1.82) is 0 Å². The number of piperidine rings is 1. The van der Waals surface area contributed by atoms with E-state index in [1.54, 1.807) is 30.6 Å². The average Bonchev–Trinajstić information content (AvgIpc) is 2.54. The van der Waals surface area contributed by atoms with Crippen molar-refractivity contribution in [3.8, 4) is 0 Å². The second-order valence-electron chi connectivity index (χ2n) is 6.08. The van der Waals surface area contributed by atoms with E-state index in [2.05, 4.69) is 27.1 Å². The Hall–Kier alpha value is -1.85. The molecule has 1 fully saturated rings. The third-order valence-electron chi connectivity index (χ3n) is 3.96. The molecule has 3 rings (SSSR count). The van der Waals surface area contributed by atoms with E-state index in [1.807, 2.05) is 0 Å². The van der Waals surface area contributed by atoms with Crippen LogP contribution in [0, 0.1) is 5.92 Å². The molecule has 2 heterocycles. The quantitative estimate of drug-likeness (QED) is 0.883. The van der Waals surface area contributed by atoms with Crippen LogP contribution in [-0.2, 0) is 0 Å². The number of halogens is 2. The average molecular weight is 365 g/mol. The minimum Gasteiger partial charge on any atom is -0.341 e. The van der Waals surface area contributed by atoms with E-state index in [-0.39, 0.29) is 5.91 Å². The van der Waals surface area contributed by atoms with Gasteiger partial charge >= 0.3 is 0 Å². The van der Waals surface area contributed by atoms with Gasteiger partial charge in [-0.05, 0) is 37.0 Å². The van der Waals surface area contributed by atoms with Gasteiger partial charge in [-0.3, -0.25) is 4.79 Å². The summed E-state index contributed by atoms with van der Waals surface area (Å²) in [6, 6.07) is 4.88. The lowest BCUT2D eigenvalue weighted by Crippen LogP contribution is -2.35. The number of hydrogen-bond donors (Lipinski definition) is 1. The second kappa shape index (κ2) is 7.36. The molecule has 0 aliphatic carbocycles. The van der Waals surface area contributed by atoms with Crippen molar-refractivity contribution in [2.45, 2.75) is 19.8 Å². The number of nitrogens with zero attached hydrogens (tertiary/aromatic N) is 3. The fraction of sp³-hybridized carbons (Fsp3) is 0.353. The van der Waals surface area contributed by atoms with Crippen molar-refractivity contribution in [1.82, 2.24) is 9.97 Å². The van der Waals surface area contributed by atoms with Gasteiger partial charge < -0.3 is 10.2 Å². The standard InChI is InChI=1S/C17H18Cl2N4O/c1-11-3-2-4-23(10-11)17-20-8-12(9-21-17)16(24)22-15-6-13(18)5-14(19)7-15/h5-9,11H,2-4,10H2,1H3,(H,22,24). The number of rotatable bonds is 3. The van der Waals surface area contributed by atoms with E-state index in [9.17, 15) is 4.79 Å². The first kappa shape index (κ1) is 17.0. The van der Waals surface area contributed by atoms with Gasteiger partial charge in [-0.15, -0.1) is 0 Å². The fourth-order valence-electron chi connectivity index (χ4n) is 2.80. The van der Waals surface area contributed by atoms with Crippen molar-refractivity contribution >= 4 is 40.7 Å². The second-order valence-corrected chi connectivity index (χ2v) is 6.95. The molecule has 1 aliphatic rings. The minimum atomic E-state index is -0.299. The van der Waals surface area contributed by atoms with Gasteiger partial charge in [0.05, 0.1) is 5.56 Å². The fourth-order valence-corrected chi connectivity index (χ4v) is 3.33. The highest BCUT2D eigenvalue weighted by Gasteiger charge is 2.19. The smallest absolute Gasteiger partial charge is 0.258 e. The van der Waals surface area contributed by atoms with Gasteiger partial charge in [0.25, 0.3) is 5.91 Å². The normalized spacial score (nSPS) is 17.6. The lowest BCUT2D eigenvalue weighted by molar-refractivity contribution is 0.102. The van der Waals surface area contributed by atoms with Crippen molar-refractivity contribution in [3.05, 3.63) is 46.2 Å². The number of carbonyl (C=O) groups excluding carboxylic acids is 1. The number of nitrogens with one attached hydrogen (secondary N) is 1. The Labute approximate surface area is 151 Å². The Morgan fingerprint density at radius 3 is 2.50 bits per heavy atom. The molecular formula is C17H18Cl2N4O. The van der Waals surface area contributed by atoms with Crippen molar-refractivity contribution in [2.24, 2.45) is 5.92 Å². The monoisotopic (exact) mass is 364 g/mol. The highest BCUT2D eigenvalue weighted by Crippen LogP contribution is 2.23. The number of amides is 1. The predicted octanol–water partition coefficient (Wildman–Crippen LogP) is 4.27. The number of aromatic nitrogens is 2. The van der Waals surface area contributed by atoms with Crippen LogP contribution < -0.4 is 10.2 Å². The largest absolute Gasteiger partial charge is 0.341 e. The van der Waals surface area contributed by atoms with Gasteiger partial charge in [0.15, 0.2) is 0 Å². The molecule has 0 saturated carbocycles.